The van der Waals surface area contributed by atoms with E-state index >= 15 is 0 Å². The average Bonchev–Trinajstić information content (AvgIpc) is 2.42. The van der Waals surface area contributed by atoms with Gasteiger partial charge in [0.2, 0.25) is 5.95 Å². The Hall–Kier alpha value is -0.840. The summed E-state index contributed by atoms with van der Waals surface area (Å²) in [4.78, 5) is 8.61. The van der Waals surface area contributed by atoms with Crippen molar-refractivity contribution in [2.24, 2.45) is 5.92 Å². The lowest BCUT2D eigenvalue weighted by Crippen LogP contribution is -2.26. The van der Waals surface area contributed by atoms with Crippen LogP contribution < -0.4 is 10.6 Å². The molecule has 0 saturated heterocycles. The second kappa shape index (κ2) is 6.36. The SMILES string of the molecule is CCC1CCC(Nc2nc(NC)ncc2Br)CC1. The third kappa shape index (κ3) is 3.34. The van der Waals surface area contributed by atoms with Gasteiger partial charge in [-0.25, -0.2) is 4.98 Å². The molecule has 0 unspecified atom stereocenters. The van der Waals surface area contributed by atoms with Crippen molar-refractivity contribution in [1.82, 2.24) is 9.97 Å². The minimum atomic E-state index is 0.545. The highest BCUT2D eigenvalue weighted by Gasteiger charge is 2.20. The van der Waals surface area contributed by atoms with Crippen LogP contribution in [0.5, 0.6) is 0 Å². The number of hydrogen-bond donors (Lipinski definition) is 2. The Morgan fingerprint density at radius 1 is 1.33 bits per heavy atom. The van der Waals surface area contributed by atoms with Gasteiger partial charge < -0.3 is 10.6 Å². The first-order chi connectivity index (χ1) is 8.72. The fraction of sp³-hybridized carbons (Fsp3) is 0.692. The summed E-state index contributed by atoms with van der Waals surface area (Å²) < 4.78 is 0.930. The van der Waals surface area contributed by atoms with Crippen LogP contribution >= 0.6 is 15.9 Å². The summed E-state index contributed by atoms with van der Waals surface area (Å²) in [6.45, 7) is 2.29. The summed E-state index contributed by atoms with van der Waals surface area (Å²) in [6.07, 6.45) is 8.24. The van der Waals surface area contributed by atoms with Gasteiger partial charge in [0.05, 0.1) is 4.47 Å². The van der Waals surface area contributed by atoms with Crippen molar-refractivity contribution in [3.05, 3.63) is 10.7 Å². The molecule has 1 aromatic heterocycles. The molecule has 0 amide bonds. The maximum absolute atomic E-state index is 4.44. The number of rotatable bonds is 4. The quantitative estimate of drug-likeness (QED) is 0.890. The lowest BCUT2D eigenvalue weighted by atomic mass is 9.84. The zero-order valence-electron chi connectivity index (χ0n) is 11.0. The van der Waals surface area contributed by atoms with Crippen molar-refractivity contribution in [2.75, 3.05) is 17.7 Å². The second-order valence-electron chi connectivity index (χ2n) is 4.91. The van der Waals surface area contributed by atoms with E-state index in [0.717, 1.165) is 16.2 Å². The van der Waals surface area contributed by atoms with Gasteiger partial charge in [0.1, 0.15) is 5.82 Å². The summed E-state index contributed by atoms with van der Waals surface area (Å²) in [5.74, 6) is 2.47. The van der Waals surface area contributed by atoms with Crippen molar-refractivity contribution in [2.45, 2.75) is 45.1 Å². The van der Waals surface area contributed by atoms with Gasteiger partial charge in [-0.05, 0) is 47.5 Å². The second-order valence-corrected chi connectivity index (χ2v) is 5.76. The van der Waals surface area contributed by atoms with Crippen LogP contribution in [0, 0.1) is 5.92 Å². The molecule has 1 saturated carbocycles. The van der Waals surface area contributed by atoms with Gasteiger partial charge >= 0.3 is 0 Å². The third-order valence-electron chi connectivity index (χ3n) is 3.73. The summed E-state index contributed by atoms with van der Waals surface area (Å²) in [5.41, 5.74) is 0. The molecule has 2 rings (SSSR count). The molecule has 0 radical (unpaired) electrons. The van der Waals surface area contributed by atoms with Crippen LogP contribution in [0.3, 0.4) is 0 Å². The van der Waals surface area contributed by atoms with Crippen LogP contribution in [-0.4, -0.2) is 23.1 Å². The maximum atomic E-state index is 4.44. The molecule has 1 aliphatic carbocycles. The Morgan fingerprint density at radius 2 is 2.06 bits per heavy atom. The van der Waals surface area contributed by atoms with Crippen LogP contribution in [-0.2, 0) is 0 Å². The van der Waals surface area contributed by atoms with Gasteiger partial charge in [-0.3, -0.25) is 0 Å². The van der Waals surface area contributed by atoms with Crippen LogP contribution in [0.15, 0.2) is 10.7 Å². The van der Waals surface area contributed by atoms with E-state index in [4.69, 9.17) is 0 Å². The highest BCUT2D eigenvalue weighted by atomic mass is 79.9. The molecule has 0 bridgehead atoms. The van der Waals surface area contributed by atoms with Gasteiger partial charge in [0.15, 0.2) is 0 Å². The fourth-order valence-corrected chi connectivity index (χ4v) is 2.80. The van der Waals surface area contributed by atoms with E-state index in [1.54, 1.807) is 6.20 Å². The molecule has 1 aromatic rings. The number of aromatic nitrogens is 2. The van der Waals surface area contributed by atoms with Gasteiger partial charge in [-0.1, -0.05) is 13.3 Å². The summed E-state index contributed by atoms with van der Waals surface area (Å²) >= 11 is 3.50. The third-order valence-corrected chi connectivity index (χ3v) is 4.31. The normalized spacial score (nSPS) is 23.7. The van der Waals surface area contributed by atoms with Crippen LogP contribution in [0.1, 0.15) is 39.0 Å². The molecule has 5 heteroatoms. The number of anilines is 2. The number of nitrogens with one attached hydrogen (secondary N) is 2. The molecular formula is C13H21BrN4. The highest BCUT2D eigenvalue weighted by Crippen LogP contribution is 2.29. The van der Waals surface area contributed by atoms with Gasteiger partial charge in [0.25, 0.3) is 0 Å². The van der Waals surface area contributed by atoms with E-state index in [9.17, 15) is 0 Å². The smallest absolute Gasteiger partial charge is 0.224 e. The first-order valence-electron chi connectivity index (χ1n) is 6.69. The Labute approximate surface area is 117 Å². The molecule has 4 nitrogen and oxygen atoms in total. The molecule has 1 fully saturated rings. The first-order valence-corrected chi connectivity index (χ1v) is 7.49. The predicted molar refractivity (Wildman–Crippen MR) is 78.9 cm³/mol. The molecule has 0 aromatic carbocycles. The van der Waals surface area contributed by atoms with E-state index in [1.807, 2.05) is 7.05 Å². The van der Waals surface area contributed by atoms with Gasteiger partial charge in [-0.15, -0.1) is 0 Å². The molecule has 1 aliphatic rings. The van der Waals surface area contributed by atoms with Crippen molar-refractivity contribution in [1.29, 1.82) is 0 Å². The molecule has 0 atom stereocenters. The van der Waals surface area contributed by atoms with Crippen molar-refractivity contribution < 1.29 is 0 Å². The minimum absolute atomic E-state index is 0.545. The number of hydrogen-bond acceptors (Lipinski definition) is 4. The molecular weight excluding hydrogens is 292 g/mol. The van der Waals surface area contributed by atoms with Crippen molar-refractivity contribution in [3.8, 4) is 0 Å². The standard InChI is InChI=1S/C13H21BrN4/c1-3-9-4-6-10(7-5-9)17-12-11(14)8-16-13(15-2)18-12/h8-10H,3-7H2,1-2H3,(H2,15,16,17,18). The number of nitrogens with zero attached hydrogens (tertiary/aromatic N) is 2. The molecule has 0 aliphatic heterocycles. The minimum Gasteiger partial charge on any atom is -0.366 e. The number of halogens is 1. The molecule has 18 heavy (non-hydrogen) atoms. The predicted octanol–water partition coefficient (Wildman–Crippen LogP) is 3.66. The van der Waals surface area contributed by atoms with Crippen LogP contribution in [0.4, 0.5) is 11.8 Å². The van der Waals surface area contributed by atoms with Gasteiger partial charge in [-0.2, -0.15) is 4.98 Å². The molecule has 1 heterocycles. The Morgan fingerprint density at radius 3 is 2.67 bits per heavy atom. The molecule has 100 valence electrons. The van der Waals surface area contributed by atoms with Crippen molar-refractivity contribution >= 4 is 27.7 Å². The van der Waals surface area contributed by atoms with E-state index in [2.05, 4.69) is 43.5 Å². The lowest BCUT2D eigenvalue weighted by molar-refractivity contribution is 0.330. The summed E-state index contributed by atoms with van der Waals surface area (Å²) in [5, 5.41) is 6.50. The summed E-state index contributed by atoms with van der Waals surface area (Å²) in [7, 11) is 1.83. The Balaban J connectivity index is 1.97. The largest absolute Gasteiger partial charge is 0.366 e. The lowest BCUT2D eigenvalue weighted by Gasteiger charge is -2.29. The highest BCUT2D eigenvalue weighted by molar-refractivity contribution is 9.10. The maximum Gasteiger partial charge on any atom is 0.224 e. The zero-order valence-corrected chi connectivity index (χ0v) is 12.6. The molecule has 2 N–H and O–H groups in total. The zero-order chi connectivity index (χ0) is 13.0. The average molecular weight is 313 g/mol. The molecule has 0 spiro atoms. The first kappa shape index (κ1) is 13.6. The Kier molecular flexibility index (Phi) is 4.80. The Bertz CT molecular complexity index is 389. The summed E-state index contributed by atoms with van der Waals surface area (Å²) in [6, 6.07) is 0.545. The van der Waals surface area contributed by atoms with E-state index in [-0.39, 0.29) is 0 Å². The topological polar surface area (TPSA) is 49.8 Å². The van der Waals surface area contributed by atoms with E-state index < -0.39 is 0 Å². The van der Waals surface area contributed by atoms with E-state index in [0.29, 0.717) is 12.0 Å². The van der Waals surface area contributed by atoms with Crippen LogP contribution in [0.2, 0.25) is 0 Å². The van der Waals surface area contributed by atoms with Crippen LogP contribution in [0.25, 0.3) is 0 Å². The fourth-order valence-electron chi connectivity index (χ4n) is 2.50. The monoisotopic (exact) mass is 312 g/mol. The van der Waals surface area contributed by atoms with Gasteiger partial charge in [0, 0.05) is 19.3 Å². The van der Waals surface area contributed by atoms with Crippen molar-refractivity contribution in [3.63, 3.8) is 0 Å². The van der Waals surface area contributed by atoms with E-state index in [1.165, 1.54) is 32.1 Å².